The van der Waals surface area contributed by atoms with Crippen molar-refractivity contribution in [2.45, 2.75) is 6.92 Å². The highest BCUT2D eigenvalue weighted by Gasteiger charge is 2.08. The number of benzene rings is 1. The molecule has 1 rings (SSSR count). The van der Waals surface area contributed by atoms with Crippen molar-refractivity contribution >= 4 is 11.6 Å². The first kappa shape index (κ1) is 11.1. The van der Waals surface area contributed by atoms with Crippen LogP contribution in [-0.2, 0) is 0 Å². The van der Waals surface area contributed by atoms with Crippen molar-refractivity contribution in [3.8, 4) is 11.5 Å². The van der Waals surface area contributed by atoms with E-state index in [0.29, 0.717) is 29.7 Å². The fourth-order valence-corrected chi connectivity index (χ4v) is 1.46. The van der Waals surface area contributed by atoms with Gasteiger partial charge in [0.05, 0.1) is 7.11 Å². The number of rotatable bonds is 4. The van der Waals surface area contributed by atoms with Gasteiger partial charge in [-0.25, -0.2) is 0 Å². The minimum Gasteiger partial charge on any atom is -0.493 e. The van der Waals surface area contributed by atoms with Crippen molar-refractivity contribution in [3.63, 3.8) is 0 Å². The molecule has 0 fully saturated rings. The van der Waals surface area contributed by atoms with Crippen LogP contribution in [-0.4, -0.2) is 20.3 Å². The molecule has 0 aliphatic heterocycles. The highest BCUT2D eigenvalue weighted by molar-refractivity contribution is 6.30. The van der Waals surface area contributed by atoms with Crippen LogP contribution in [0.2, 0.25) is 5.02 Å². The maximum absolute atomic E-state index is 5.87. The molecule has 0 spiro atoms. The van der Waals surface area contributed by atoms with E-state index in [4.69, 9.17) is 26.8 Å². The van der Waals surface area contributed by atoms with Gasteiger partial charge in [0.25, 0.3) is 0 Å². The molecule has 0 aliphatic carbocycles. The average Bonchev–Trinajstić information content (AvgIpc) is 2.15. The molecule has 0 saturated carbocycles. The van der Waals surface area contributed by atoms with Gasteiger partial charge in [-0.3, -0.25) is 0 Å². The van der Waals surface area contributed by atoms with E-state index in [-0.39, 0.29) is 0 Å². The maximum atomic E-state index is 5.87. The molecule has 0 amide bonds. The molecule has 0 aliphatic rings. The van der Waals surface area contributed by atoms with E-state index in [1.807, 2.05) is 13.0 Å². The second-order valence-corrected chi connectivity index (χ2v) is 3.33. The number of hydrogen-bond acceptors (Lipinski definition) is 3. The molecule has 4 heteroatoms. The predicted octanol–water partition coefficient (Wildman–Crippen LogP) is 1.99. The lowest BCUT2D eigenvalue weighted by atomic mass is 10.2. The summed E-state index contributed by atoms with van der Waals surface area (Å²) in [5.41, 5.74) is 6.30. The van der Waals surface area contributed by atoms with Gasteiger partial charge < -0.3 is 15.2 Å². The molecule has 1 aromatic carbocycles. The van der Waals surface area contributed by atoms with Crippen molar-refractivity contribution in [3.05, 3.63) is 22.7 Å². The first-order valence-electron chi connectivity index (χ1n) is 4.36. The number of hydrogen-bond donors (Lipinski definition) is 1. The maximum Gasteiger partial charge on any atom is 0.164 e. The zero-order chi connectivity index (χ0) is 10.6. The van der Waals surface area contributed by atoms with Crippen LogP contribution in [0.3, 0.4) is 0 Å². The molecule has 3 nitrogen and oxygen atoms in total. The van der Waals surface area contributed by atoms with Crippen LogP contribution in [0.25, 0.3) is 0 Å². The normalized spacial score (nSPS) is 10.0. The molecule has 2 N–H and O–H groups in total. The third-order valence-electron chi connectivity index (χ3n) is 1.79. The number of nitrogens with two attached hydrogens (primary N) is 1. The van der Waals surface area contributed by atoms with E-state index in [9.17, 15) is 0 Å². The molecule has 1 aromatic rings. The molecule has 0 radical (unpaired) electrons. The summed E-state index contributed by atoms with van der Waals surface area (Å²) in [4.78, 5) is 0. The summed E-state index contributed by atoms with van der Waals surface area (Å²) >= 11 is 5.87. The summed E-state index contributed by atoms with van der Waals surface area (Å²) in [7, 11) is 1.58. The van der Waals surface area contributed by atoms with Gasteiger partial charge in [0, 0.05) is 17.6 Å². The summed E-state index contributed by atoms with van der Waals surface area (Å²) in [6, 6.07) is 3.55. The molecule has 0 aromatic heterocycles. The molecule has 14 heavy (non-hydrogen) atoms. The van der Waals surface area contributed by atoms with Gasteiger partial charge in [0.15, 0.2) is 11.5 Å². The first-order valence-corrected chi connectivity index (χ1v) is 4.74. The Hall–Kier alpha value is -0.930. The topological polar surface area (TPSA) is 44.5 Å². The first-order chi connectivity index (χ1) is 6.69. The summed E-state index contributed by atoms with van der Waals surface area (Å²) < 4.78 is 10.6. The van der Waals surface area contributed by atoms with Crippen LogP contribution in [0.15, 0.2) is 12.1 Å². The Morgan fingerprint density at radius 1 is 1.43 bits per heavy atom. The van der Waals surface area contributed by atoms with Crippen LogP contribution in [0.5, 0.6) is 11.5 Å². The summed E-state index contributed by atoms with van der Waals surface area (Å²) in [6.45, 7) is 2.87. The van der Waals surface area contributed by atoms with Crippen LogP contribution in [0.4, 0.5) is 0 Å². The number of methoxy groups -OCH3 is 1. The molecule has 0 unspecified atom stereocenters. The number of halogens is 1. The smallest absolute Gasteiger partial charge is 0.164 e. The summed E-state index contributed by atoms with van der Waals surface area (Å²) in [6.07, 6.45) is 0. The lowest BCUT2D eigenvalue weighted by Crippen LogP contribution is -2.11. The Morgan fingerprint density at radius 3 is 2.71 bits per heavy atom. The summed E-state index contributed by atoms with van der Waals surface area (Å²) in [5, 5.41) is 0.638. The monoisotopic (exact) mass is 215 g/mol. The van der Waals surface area contributed by atoms with Crippen LogP contribution >= 0.6 is 11.6 Å². The molecular weight excluding hydrogens is 202 g/mol. The van der Waals surface area contributed by atoms with Crippen LogP contribution < -0.4 is 15.2 Å². The van der Waals surface area contributed by atoms with E-state index in [0.717, 1.165) is 5.56 Å². The zero-order valence-electron chi connectivity index (χ0n) is 8.34. The van der Waals surface area contributed by atoms with Gasteiger partial charge in [-0.15, -0.1) is 0 Å². The Balaban J connectivity index is 2.99. The summed E-state index contributed by atoms with van der Waals surface area (Å²) in [5.74, 6) is 1.35. The van der Waals surface area contributed by atoms with Crippen molar-refractivity contribution in [1.82, 2.24) is 0 Å². The third kappa shape index (κ3) is 2.53. The molecule has 0 saturated heterocycles. The van der Waals surface area contributed by atoms with Crippen molar-refractivity contribution < 1.29 is 9.47 Å². The fourth-order valence-electron chi connectivity index (χ4n) is 1.20. The fraction of sp³-hybridized carbons (Fsp3) is 0.400. The van der Waals surface area contributed by atoms with Gasteiger partial charge in [-0.2, -0.15) is 0 Å². The van der Waals surface area contributed by atoms with E-state index >= 15 is 0 Å². The van der Waals surface area contributed by atoms with E-state index in [1.54, 1.807) is 13.2 Å². The quantitative estimate of drug-likeness (QED) is 0.836. The standard InChI is InChI=1S/C10H14ClNO2/c1-7-5-8(11)6-9(13-2)10(7)14-4-3-12/h5-6H,3-4,12H2,1-2H3. The Bertz CT molecular complexity index is 315. The van der Waals surface area contributed by atoms with Gasteiger partial charge in [0.2, 0.25) is 0 Å². The van der Waals surface area contributed by atoms with Crippen LogP contribution in [0.1, 0.15) is 5.56 Å². The van der Waals surface area contributed by atoms with E-state index < -0.39 is 0 Å². The van der Waals surface area contributed by atoms with Gasteiger partial charge in [-0.1, -0.05) is 11.6 Å². The van der Waals surface area contributed by atoms with Crippen molar-refractivity contribution in [2.75, 3.05) is 20.3 Å². The number of ether oxygens (including phenoxy) is 2. The Kier molecular flexibility index (Phi) is 4.04. The van der Waals surface area contributed by atoms with E-state index in [2.05, 4.69) is 0 Å². The number of aryl methyl sites for hydroxylation is 1. The van der Waals surface area contributed by atoms with Crippen molar-refractivity contribution in [2.24, 2.45) is 5.73 Å². The second-order valence-electron chi connectivity index (χ2n) is 2.89. The molecule has 0 atom stereocenters. The highest BCUT2D eigenvalue weighted by atomic mass is 35.5. The minimum absolute atomic E-state index is 0.471. The molecule has 0 heterocycles. The van der Waals surface area contributed by atoms with Gasteiger partial charge in [-0.05, 0) is 18.6 Å². The Morgan fingerprint density at radius 2 is 2.14 bits per heavy atom. The van der Waals surface area contributed by atoms with Gasteiger partial charge in [0.1, 0.15) is 6.61 Å². The third-order valence-corrected chi connectivity index (χ3v) is 2.01. The lowest BCUT2D eigenvalue weighted by Gasteiger charge is -2.12. The SMILES string of the molecule is COc1cc(Cl)cc(C)c1OCCN. The minimum atomic E-state index is 0.471. The van der Waals surface area contributed by atoms with Gasteiger partial charge >= 0.3 is 0 Å². The molecule has 0 bridgehead atoms. The van der Waals surface area contributed by atoms with Crippen LogP contribution in [0, 0.1) is 6.92 Å². The highest BCUT2D eigenvalue weighted by Crippen LogP contribution is 2.33. The largest absolute Gasteiger partial charge is 0.493 e. The molecular formula is C10H14ClNO2. The lowest BCUT2D eigenvalue weighted by molar-refractivity contribution is 0.300. The second kappa shape index (κ2) is 5.08. The average molecular weight is 216 g/mol. The zero-order valence-corrected chi connectivity index (χ0v) is 9.10. The van der Waals surface area contributed by atoms with E-state index in [1.165, 1.54) is 0 Å². The molecule has 78 valence electrons. The Labute approximate surface area is 88.8 Å². The predicted molar refractivity (Wildman–Crippen MR) is 57.3 cm³/mol. The van der Waals surface area contributed by atoms with Crippen molar-refractivity contribution in [1.29, 1.82) is 0 Å².